The lowest BCUT2D eigenvalue weighted by atomic mass is 9.97. The van der Waals surface area contributed by atoms with Gasteiger partial charge in [-0.25, -0.2) is 4.98 Å². The second-order valence-corrected chi connectivity index (χ2v) is 8.11. The third-order valence-electron chi connectivity index (χ3n) is 5.31. The SMILES string of the molecule is Cn1c(CN2CCC[C@H](C(=O)Nc3ccc(Cl)cc3Cl)C2)nc2ccccc21. The third-order valence-corrected chi connectivity index (χ3v) is 5.86. The molecule has 1 aromatic heterocycles. The van der Waals surface area contributed by atoms with Crippen LogP contribution in [0.4, 0.5) is 5.69 Å². The van der Waals surface area contributed by atoms with Gasteiger partial charge in [0.05, 0.1) is 34.2 Å². The van der Waals surface area contributed by atoms with Crippen LogP contribution in [0.5, 0.6) is 0 Å². The minimum Gasteiger partial charge on any atom is -0.330 e. The first-order chi connectivity index (χ1) is 13.5. The molecule has 2 aromatic carbocycles. The highest BCUT2D eigenvalue weighted by atomic mass is 35.5. The molecule has 0 bridgehead atoms. The minimum absolute atomic E-state index is 0.000996. The summed E-state index contributed by atoms with van der Waals surface area (Å²) in [7, 11) is 2.04. The van der Waals surface area contributed by atoms with Gasteiger partial charge in [-0.15, -0.1) is 0 Å². The molecule has 4 rings (SSSR count). The second-order valence-electron chi connectivity index (χ2n) is 7.26. The Balaban J connectivity index is 1.43. The number of halogens is 2. The average molecular weight is 417 g/mol. The van der Waals surface area contributed by atoms with Crippen molar-refractivity contribution >= 4 is 45.8 Å². The molecule has 3 aromatic rings. The molecule has 0 unspecified atom stereocenters. The Morgan fingerprint density at radius 3 is 2.86 bits per heavy atom. The van der Waals surface area contributed by atoms with Crippen LogP contribution in [0.25, 0.3) is 11.0 Å². The number of hydrogen-bond acceptors (Lipinski definition) is 3. The van der Waals surface area contributed by atoms with E-state index in [9.17, 15) is 4.79 Å². The molecule has 1 amide bonds. The van der Waals surface area contributed by atoms with Crippen LogP contribution in [-0.2, 0) is 18.4 Å². The van der Waals surface area contributed by atoms with Crippen molar-refractivity contribution in [2.24, 2.45) is 13.0 Å². The van der Waals surface area contributed by atoms with Crippen LogP contribution in [0.3, 0.4) is 0 Å². The summed E-state index contributed by atoms with van der Waals surface area (Å²) < 4.78 is 2.13. The largest absolute Gasteiger partial charge is 0.330 e. The number of piperidine rings is 1. The molecule has 1 aliphatic heterocycles. The lowest BCUT2D eigenvalue weighted by Crippen LogP contribution is -2.40. The van der Waals surface area contributed by atoms with Gasteiger partial charge in [0.2, 0.25) is 5.91 Å². The van der Waals surface area contributed by atoms with Gasteiger partial charge in [-0.1, -0.05) is 35.3 Å². The van der Waals surface area contributed by atoms with E-state index in [4.69, 9.17) is 28.2 Å². The Labute approximate surface area is 174 Å². The third kappa shape index (κ3) is 4.02. The highest BCUT2D eigenvalue weighted by Gasteiger charge is 2.27. The van der Waals surface area contributed by atoms with E-state index in [1.54, 1.807) is 18.2 Å². The molecule has 1 N–H and O–H groups in total. The second kappa shape index (κ2) is 8.11. The number of imidazole rings is 1. The van der Waals surface area contributed by atoms with Gasteiger partial charge in [-0.2, -0.15) is 0 Å². The van der Waals surface area contributed by atoms with E-state index < -0.39 is 0 Å². The van der Waals surface area contributed by atoms with Crippen LogP contribution in [0.15, 0.2) is 42.5 Å². The highest BCUT2D eigenvalue weighted by molar-refractivity contribution is 6.36. The van der Waals surface area contributed by atoms with Gasteiger partial charge in [0.1, 0.15) is 5.82 Å². The Bertz CT molecular complexity index is 1020. The summed E-state index contributed by atoms with van der Waals surface area (Å²) in [6, 6.07) is 13.2. The molecule has 0 saturated carbocycles. The van der Waals surface area contributed by atoms with Gasteiger partial charge in [-0.05, 0) is 49.7 Å². The smallest absolute Gasteiger partial charge is 0.228 e. The number of carbonyl (C=O) groups is 1. The summed E-state index contributed by atoms with van der Waals surface area (Å²) >= 11 is 12.1. The van der Waals surface area contributed by atoms with Crippen LogP contribution < -0.4 is 5.32 Å². The summed E-state index contributed by atoms with van der Waals surface area (Å²) in [6.45, 7) is 2.41. The standard InChI is InChI=1S/C21H22Cl2N4O/c1-26-19-7-3-2-6-18(19)24-20(26)13-27-10-4-5-14(12-27)21(28)25-17-9-8-15(22)11-16(17)23/h2-3,6-9,11,14H,4-5,10,12-13H2,1H3,(H,25,28)/t14-/m0/s1. The van der Waals surface area contributed by atoms with Crippen LogP contribution in [0.2, 0.25) is 10.0 Å². The summed E-state index contributed by atoms with van der Waals surface area (Å²) in [5, 5.41) is 3.95. The van der Waals surface area contributed by atoms with Crippen molar-refractivity contribution < 1.29 is 4.79 Å². The number of benzene rings is 2. The van der Waals surface area contributed by atoms with Crippen molar-refractivity contribution in [2.45, 2.75) is 19.4 Å². The van der Waals surface area contributed by atoms with Gasteiger partial charge in [0.15, 0.2) is 0 Å². The van der Waals surface area contributed by atoms with Crippen molar-refractivity contribution in [1.29, 1.82) is 0 Å². The summed E-state index contributed by atoms with van der Waals surface area (Å²) in [5.41, 5.74) is 2.73. The number of likely N-dealkylation sites (tertiary alicyclic amines) is 1. The molecule has 1 saturated heterocycles. The first-order valence-electron chi connectivity index (χ1n) is 9.40. The normalized spacial score (nSPS) is 17.8. The topological polar surface area (TPSA) is 50.2 Å². The summed E-state index contributed by atoms with van der Waals surface area (Å²) in [5.74, 6) is 0.942. The van der Waals surface area contributed by atoms with Gasteiger partial charge in [0, 0.05) is 18.6 Å². The Morgan fingerprint density at radius 2 is 2.07 bits per heavy atom. The summed E-state index contributed by atoms with van der Waals surface area (Å²) in [4.78, 5) is 19.8. The van der Waals surface area contributed by atoms with Crippen molar-refractivity contribution in [2.75, 3.05) is 18.4 Å². The fraction of sp³-hybridized carbons (Fsp3) is 0.333. The molecule has 5 nitrogen and oxygen atoms in total. The maximum absolute atomic E-state index is 12.8. The maximum Gasteiger partial charge on any atom is 0.228 e. The molecule has 2 heterocycles. The van der Waals surface area contributed by atoms with Crippen molar-refractivity contribution in [3.05, 3.63) is 58.3 Å². The van der Waals surface area contributed by atoms with Crippen LogP contribution >= 0.6 is 23.2 Å². The van der Waals surface area contributed by atoms with E-state index in [1.807, 2.05) is 25.2 Å². The van der Waals surface area contributed by atoms with Crippen LogP contribution in [0.1, 0.15) is 18.7 Å². The predicted molar refractivity (Wildman–Crippen MR) is 114 cm³/mol. The van der Waals surface area contributed by atoms with E-state index in [0.29, 0.717) is 22.3 Å². The molecule has 0 spiro atoms. The van der Waals surface area contributed by atoms with Gasteiger partial charge in [0.25, 0.3) is 0 Å². The molecule has 7 heteroatoms. The van der Waals surface area contributed by atoms with Crippen molar-refractivity contribution in [3.8, 4) is 0 Å². The molecular formula is C21H22Cl2N4O. The molecule has 1 atom stereocenters. The monoisotopic (exact) mass is 416 g/mol. The fourth-order valence-electron chi connectivity index (χ4n) is 3.78. The zero-order chi connectivity index (χ0) is 19.7. The predicted octanol–water partition coefficient (Wildman–Crippen LogP) is 4.73. The quantitative estimate of drug-likeness (QED) is 0.668. The number of amides is 1. The van der Waals surface area contributed by atoms with Crippen LogP contribution in [0, 0.1) is 5.92 Å². The van der Waals surface area contributed by atoms with Crippen molar-refractivity contribution in [3.63, 3.8) is 0 Å². The van der Waals surface area contributed by atoms with Crippen molar-refractivity contribution in [1.82, 2.24) is 14.5 Å². The number of nitrogens with zero attached hydrogens (tertiary/aromatic N) is 3. The van der Waals surface area contributed by atoms with E-state index >= 15 is 0 Å². The zero-order valence-corrected chi connectivity index (χ0v) is 17.2. The van der Waals surface area contributed by atoms with Crippen LogP contribution in [-0.4, -0.2) is 33.4 Å². The number of para-hydroxylation sites is 2. The van der Waals surface area contributed by atoms with E-state index in [1.165, 1.54) is 0 Å². The number of hydrogen-bond donors (Lipinski definition) is 1. The Morgan fingerprint density at radius 1 is 1.25 bits per heavy atom. The van der Waals surface area contributed by atoms with E-state index in [0.717, 1.165) is 42.8 Å². The highest BCUT2D eigenvalue weighted by Crippen LogP contribution is 2.27. The number of carbonyl (C=O) groups excluding carboxylic acids is 1. The minimum atomic E-state index is -0.0739. The average Bonchev–Trinajstić information content (AvgIpc) is 3.00. The zero-order valence-electron chi connectivity index (χ0n) is 15.7. The molecule has 0 aliphatic carbocycles. The first-order valence-corrected chi connectivity index (χ1v) is 10.2. The fourth-order valence-corrected chi connectivity index (χ4v) is 4.23. The summed E-state index contributed by atoms with van der Waals surface area (Å²) in [6.07, 6.45) is 1.85. The molecule has 0 radical (unpaired) electrons. The van der Waals surface area contributed by atoms with E-state index in [2.05, 4.69) is 20.9 Å². The lowest BCUT2D eigenvalue weighted by molar-refractivity contribution is -0.121. The molecule has 1 fully saturated rings. The van der Waals surface area contributed by atoms with Gasteiger partial charge >= 0.3 is 0 Å². The van der Waals surface area contributed by atoms with Gasteiger partial charge < -0.3 is 9.88 Å². The molecule has 1 aliphatic rings. The van der Waals surface area contributed by atoms with E-state index in [-0.39, 0.29) is 11.8 Å². The number of fused-ring (bicyclic) bond motifs is 1. The number of aromatic nitrogens is 2. The molecule has 146 valence electrons. The Hall–Kier alpha value is -2.08. The number of rotatable bonds is 4. The van der Waals surface area contributed by atoms with Gasteiger partial charge in [-0.3, -0.25) is 9.69 Å². The molecule has 28 heavy (non-hydrogen) atoms. The first kappa shape index (κ1) is 19.2. The Kier molecular flexibility index (Phi) is 5.58. The maximum atomic E-state index is 12.8. The molecular weight excluding hydrogens is 395 g/mol. The number of anilines is 1. The number of aryl methyl sites for hydroxylation is 1. The number of nitrogens with one attached hydrogen (secondary N) is 1. The lowest BCUT2D eigenvalue weighted by Gasteiger charge is -2.31.